The van der Waals surface area contributed by atoms with Gasteiger partial charge in [0, 0.05) is 11.6 Å². The molecule has 1 unspecified atom stereocenters. The van der Waals surface area contributed by atoms with Crippen molar-refractivity contribution in [1.29, 1.82) is 0 Å². The van der Waals surface area contributed by atoms with E-state index in [1.54, 1.807) is 0 Å². The number of hydrogen-bond acceptors (Lipinski definition) is 4. The molecule has 2 aromatic heterocycles. The number of H-pyrrole nitrogens is 1. The van der Waals surface area contributed by atoms with E-state index in [1.165, 1.54) is 11.3 Å². The standard InChI is InChI=1S/C9H11N3OS/c10-6(4-13)8-5-14-9(12-8)7-2-1-3-11-7/h1-3,5-6,11,13H,4,10H2. The largest absolute Gasteiger partial charge is 0.394 e. The molecule has 0 saturated heterocycles. The zero-order valence-corrected chi connectivity index (χ0v) is 8.29. The number of aliphatic hydroxyl groups is 1. The van der Waals surface area contributed by atoms with Crippen LogP contribution in [0.3, 0.4) is 0 Å². The maximum absolute atomic E-state index is 8.86. The van der Waals surface area contributed by atoms with Gasteiger partial charge in [-0.3, -0.25) is 0 Å². The zero-order chi connectivity index (χ0) is 9.97. The molecule has 0 aliphatic carbocycles. The second-order valence-electron chi connectivity index (χ2n) is 2.95. The zero-order valence-electron chi connectivity index (χ0n) is 7.47. The van der Waals surface area contributed by atoms with Crippen LogP contribution in [-0.2, 0) is 0 Å². The number of hydrogen-bond donors (Lipinski definition) is 3. The first-order valence-corrected chi connectivity index (χ1v) is 5.15. The van der Waals surface area contributed by atoms with E-state index >= 15 is 0 Å². The first kappa shape index (κ1) is 9.39. The average molecular weight is 209 g/mol. The molecule has 0 spiro atoms. The molecule has 0 aromatic carbocycles. The number of rotatable bonds is 3. The van der Waals surface area contributed by atoms with Gasteiger partial charge < -0.3 is 15.8 Å². The molecule has 4 nitrogen and oxygen atoms in total. The summed E-state index contributed by atoms with van der Waals surface area (Å²) in [5, 5.41) is 11.6. The van der Waals surface area contributed by atoms with Gasteiger partial charge in [-0.25, -0.2) is 4.98 Å². The minimum absolute atomic E-state index is 0.0755. The molecule has 0 bridgehead atoms. The van der Waals surface area contributed by atoms with Gasteiger partial charge in [-0.1, -0.05) is 0 Å². The lowest BCUT2D eigenvalue weighted by Crippen LogP contribution is -2.14. The van der Waals surface area contributed by atoms with Crippen molar-refractivity contribution < 1.29 is 5.11 Å². The first-order chi connectivity index (χ1) is 6.81. The van der Waals surface area contributed by atoms with Crippen molar-refractivity contribution in [2.24, 2.45) is 5.73 Å². The van der Waals surface area contributed by atoms with Gasteiger partial charge >= 0.3 is 0 Å². The molecule has 0 radical (unpaired) electrons. The maximum Gasteiger partial charge on any atom is 0.139 e. The number of aromatic amines is 1. The molecule has 0 aliphatic rings. The molecule has 4 N–H and O–H groups in total. The van der Waals surface area contributed by atoms with Gasteiger partial charge in [-0.15, -0.1) is 11.3 Å². The summed E-state index contributed by atoms with van der Waals surface area (Å²) in [6.45, 7) is -0.0755. The lowest BCUT2D eigenvalue weighted by Gasteiger charge is -2.01. The minimum Gasteiger partial charge on any atom is -0.394 e. The minimum atomic E-state index is -0.380. The smallest absolute Gasteiger partial charge is 0.139 e. The molecule has 1 atom stereocenters. The fourth-order valence-corrected chi connectivity index (χ4v) is 2.01. The van der Waals surface area contributed by atoms with Crippen LogP contribution in [0.15, 0.2) is 23.7 Å². The normalized spacial score (nSPS) is 13.0. The van der Waals surface area contributed by atoms with Crippen LogP contribution in [0.1, 0.15) is 11.7 Å². The molecule has 5 heteroatoms. The SMILES string of the molecule is NC(CO)c1csc(-c2ccc[nH]2)n1. The molecule has 0 aliphatic heterocycles. The first-order valence-electron chi connectivity index (χ1n) is 4.27. The van der Waals surface area contributed by atoms with E-state index in [-0.39, 0.29) is 12.6 Å². The Bertz CT molecular complexity index is 396. The third kappa shape index (κ3) is 1.70. The van der Waals surface area contributed by atoms with Crippen molar-refractivity contribution in [2.45, 2.75) is 6.04 Å². The Balaban J connectivity index is 2.26. The Kier molecular flexibility index (Phi) is 2.62. The summed E-state index contributed by atoms with van der Waals surface area (Å²) in [6.07, 6.45) is 1.85. The van der Waals surface area contributed by atoms with Gasteiger partial charge in [-0.05, 0) is 12.1 Å². The molecule has 2 aromatic rings. The van der Waals surface area contributed by atoms with Crippen LogP contribution in [0.4, 0.5) is 0 Å². The molecule has 2 rings (SSSR count). The lowest BCUT2D eigenvalue weighted by atomic mass is 10.3. The number of nitrogens with zero attached hydrogens (tertiary/aromatic N) is 1. The fourth-order valence-electron chi connectivity index (χ4n) is 1.14. The van der Waals surface area contributed by atoms with Gasteiger partial charge in [0.1, 0.15) is 5.01 Å². The van der Waals surface area contributed by atoms with E-state index in [1.807, 2.05) is 23.7 Å². The number of nitrogens with one attached hydrogen (secondary N) is 1. The number of aromatic nitrogens is 2. The number of aliphatic hydroxyl groups excluding tert-OH is 1. The summed E-state index contributed by atoms with van der Waals surface area (Å²) in [6, 6.07) is 3.49. The fraction of sp³-hybridized carbons (Fsp3) is 0.222. The maximum atomic E-state index is 8.86. The van der Waals surface area contributed by atoms with Gasteiger partial charge in [0.05, 0.1) is 24.0 Å². The van der Waals surface area contributed by atoms with Crippen molar-refractivity contribution >= 4 is 11.3 Å². The Hall–Kier alpha value is -1.17. The van der Waals surface area contributed by atoms with Gasteiger partial charge in [-0.2, -0.15) is 0 Å². The van der Waals surface area contributed by atoms with Crippen molar-refractivity contribution in [1.82, 2.24) is 9.97 Å². The summed E-state index contributed by atoms with van der Waals surface area (Å²) in [5.74, 6) is 0. The third-order valence-corrected chi connectivity index (χ3v) is 2.82. The summed E-state index contributed by atoms with van der Waals surface area (Å²) in [7, 11) is 0. The highest BCUT2D eigenvalue weighted by molar-refractivity contribution is 7.13. The van der Waals surface area contributed by atoms with E-state index in [2.05, 4.69) is 9.97 Å². The summed E-state index contributed by atoms with van der Waals surface area (Å²) < 4.78 is 0. The highest BCUT2D eigenvalue weighted by Crippen LogP contribution is 2.23. The molecule has 2 heterocycles. The molecular formula is C9H11N3OS. The third-order valence-electron chi connectivity index (χ3n) is 1.93. The highest BCUT2D eigenvalue weighted by atomic mass is 32.1. The van der Waals surface area contributed by atoms with E-state index in [0.29, 0.717) is 0 Å². The Morgan fingerprint density at radius 2 is 2.50 bits per heavy atom. The van der Waals surface area contributed by atoms with Gasteiger partial charge in [0.15, 0.2) is 0 Å². The molecule has 14 heavy (non-hydrogen) atoms. The Morgan fingerprint density at radius 3 is 3.14 bits per heavy atom. The van der Waals surface area contributed by atoms with Crippen molar-refractivity contribution in [2.75, 3.05) is 6.61 Å². The van der Waals surface area contributed by atoms with Crippen LogP contribution in [-0.4, -0.2) is 21.7 Å². The van der Waals surface area contributed by atoms with Crippen LogP contribution in [0.2, 0.25) is 0 Å². The second-order valence-corrected chi connectivity index (χ2v) is 3.81. The Morgan fingerprint density at radius 1 is 1.64 bits per heavy atom. The molecule has 74 valence electrons. The molecular weight excluding hydrogens is 198 g/mol. The van der Waals surface area contributed by atoms with Crippen molar-refractivity contribution in [3.05, 3.63) is 29.4 Å². The predicted molar refractivity (Wildman–Crippen MR) is 55.9 cm³/mol. The van der Waals surface area contributed by atoms with E-state index in [0.717, 1.165) is 16.4 Å². The molecule has 0 fully saturated rings. The highest BCUT2D eigenvalue weighted by Gasteiger charge is 2.10. The van der Waals surface area contributed by atoms with Gasteiger partial charge in [0.25, 0.3) is 0 Å². The lowest BCUT2D eigenvalue weighted by molar-refractivity contribution is 0.266. The number of nitrogens with two attached hydrogens (primary N) is 1. The van der Waals surface area contributed by atoms with Crippen LogP contribution < -0.4 is 5.73 Å². The van der Waals surface area contributed by atoms with Crippen LogP contribution in [0, 0.1) is 0 Å². The Labute approximate surface area is 85.4 Å². The van der Waals surface area contributed by atoms with Crippen molar-refractivity contribution in [3.63, 3.8) is 0 Å². The van der Waals surface area contributed by atoms with E-state index in [9.17, 15) is 0 Å². The quantitative estimate of drug-likeness (QED) is 0.709. The second kappa shape index (κ2) is 3.91. The topological polar surface area (TPSA) is 74.9 Å². The van der Waals surface area contributed by atoms with Crippen LogP contribution >= 0.6 is 11.3 Å². The van der Waals surface area contributed by atoms with Crippen LogP contribution in [0.25, 0.3) is 10.7 Å². The summed E-state index contributed by atoms with van der Waals surface area (Å²) in [5.41, 5.74) is 7.36. The molecule has 0 amide bonds. The van der Waals surface area contributed by atoms with Gasteiger partial charge in [0.2, 0.25) is 0 Å². The predicted octanol–water partition coefficient (Wildman–Crippen LogP) is 1.13. The summed E-state index contributed by atoms with van der Waals surface area (Å²) in [4.78, 5) is 7.39. The van der Waals surface area contributed by atoms with E-state index < -0.39 is 0 Å². The monoisotopic (exact) mass is 209 g/mol. The van der Waals surface area contributed by atoms with E-state index in [4.69, 9.17) is 10.8 Å². The van der Waals surface area contributed by atoms with Crippen LogP contribution in [0.5, 0.6) is 0 Å². The molecule has 0 saturated carbocycles. The number of thiazole rings is 1. The summed E-state index contributed by atoms with van der Waals surface area (Å²) >= 11 is 1.52. The van der Waals surface area contributed by atoms with Crippen molar-refractivity contribution in [3.8, 4) is 10.7 Å². The average Bonchev–Trinajstić information content (AvgIpc) is 2.86.